The van der Waals surface area contributed by atoms with Crippen LogP contribution in [0.4, 0.5) is 5.69 Å². The Morgan fingerprint density at radius 1 is 0.962 bits per heavy atom. The molecule has 26 heavy (non-hydrogen) atoms. The van der Waals surface area contributed by atoms with Crippen LogP contribution in [0.25, 0.3) is 0 Å². The molecular formula is C20H22N2O4. The van der Waals surface area contributed by atoms with E-state index < -0.39 is 12.1 Å². The van der Waals surface area contributed by atoms with Crippen molar-refractivity contribution in [2.75, 3.05) is 31.1 Å². The predicted octanol–water partition coefficient (Wildman–Crippen LogP) is 2.29. The van der Waals surface area contributed by atoms with Gasteiger partial charge in [-0.2, -0.15) is 0 Å². The van der Waals surface area contributed by atoms with Gasteiger partial charge < -0.3 is 19.6 Å². The van der Waals surface area contributed by atoms with Gasteiger partial charge in [0, 0.05) is 31.9 Å². The van der Waals surface area contributed by atoms with Crippen molar-refractivity contribution in [1.82, 2.24) is 4.90 Å². The standard InChI is InChI=1S/C20H22N2O4/c1-15(26-20(25)16-7-9-18(23)10-8-16)19(24)22-13-11-21(12-14-22)17-5-3-2-4-6-17/h2-10,15,23H,11-14H2,1H3/t15-/m0/s1. The molecule has 1 atom stereocenters. The Labute approximate surface area is 152 Å². The summed E-state index contributed by atoms with van der Waals surface area (Å²) in [6.07, 6.45) is -0.848. The summed E-state index contributed by atoms with van der Waals surface area (Å²) in [5, 5.41) is 9.27. The first-order valence-electron chi connectivity index (χ1n) is 8.63. The van der Waals surface area contributed by atoms with Crippen LogP contribution in [0.2, 0.25) is 0 Å². The third kappa shape index (κ3) is 4.14. The van der Waals surface area contributed by atoms with Crippen molar-refractivity contribution in [3.8, 4) is 5.75 Å². The summed E-state index contributed by atoms with van der Waals surface area (Å²) in [4.78, 5) is 28.6. The highest BCUT2D eigenvalue weighted by Crippen LogP contribution is 2.17. The Morgan fingerprint density at radius 2 is 1.58 bits per heavy atom. The van der Waals surface area contributed by atoms with Gasteiger partial charge in [-0.25, -0.2) is 4.79 Å². The van der Waals surface area contributed by atoms with E-state index in [-0.39, 0.29) is 11.7 Å². The maximum atomic E-state index is 12.6. The highest BCUT2D eigenvalue weighted by atomic mass is 16.5. The summed E-state index contributed by atoms with van der Waals surface area (Å²) < 4.78 is 5.28. The van der Waals surface area contributed by atoms with E-state index in [4.69, 9.17) is 4.74 Å². The van der Waals surface area contributed by atoms with Crippen LogP contribution in [0, 0.1) is 0 Å². The van der Waals surface area contributed by atoms with E-state index in [1.807, 2.05) is 18.2 Å². The lowest BCUT2D eigenvalue weighted by molar-refractivity contribution is -0.140. The molecule has 1 N–H and O–H groups in total. The third-order valence-corrected chi connectivity index (χ3v) is 4.45. The monoisotopic (exact) mass is 354 g/mol. The number of phenolic OH excluding ortho intramolecular Hbond substituents is 1. The first-order chi connectivity index (χ1) is 12.5. The van der Waals surface area contributed by atoms with Crippen LogP contribution in [-0.4, -0.2) is 54.2 Å². The number of benzene rings is 2. The van der Waals surface area contributed by atoms with Crippen molar-refractivity contribution in [1.29, 1.82) is 0 Å². The molecule has 0 saturated carbocycles. The minimum Gasteiger partial charge on any atom is -0.508 e. The van der Waals surface area contributed by atoms with E-state index in [2.05, 4.69) is 17.0 Å². The van der Waals surface area contributed by atoms with Crippen LogP contribution >= 0.6 is 0 Å². The minimum absolute atomic E-state index is 0.0713. The number of hydrogen-bond acceptors (Lipinski definition) is 5. The number of nitrogens with zero attached hydrogens (tertiary/aromatic N) is 2. The number of rotatable bonds is 4. The largest absolute Gasteiger partial charge is 0.508 e. The Balaban J connectivity index is 1.53. The number of carbonyl (C=O) groups excluding carboxylic acids is 2. The topological polar surface area (TPSA) is 70.1 Å². The molecule has 2 aromatic rings. The summed E-state index contributed by atoms with van der Waals surface area (Å²) in [5.74, 6) is -0.694. The second-order valence-electron chi connectivity index (χ2n) is 6.24. The number of para-hydroxylation sites is 1. The molecule has 1 aliphatic rings. The molecule has 0 aliphatic carbocycles. The smallest absolute Gasteiger partial charge is 0.338 e. The number of amides is 1. The second-order valence-corrected chi connectivity index (χ2v) is 6.24. The average Bonchev–Trinajstić information content (AvgIpc) is 2.68. The van der Waals surface area contributed by atoms with Gasteiger partial charge in [0.2, 0.25) is 0 Å². The molecule has 0 spiro atoms. The fourth-order valence-electron chi connectivity index (χ4n) is 2.96. The minimum atomic E-state index is -0.848. The number of carbonyl (C=O) groups is 2. The van der Waals surface area contributed by atoms with Gasteiger partial charge in [-0.15, -0.1) is 0 Å². The van der Waals surface area contributed by atoms with E-state index in [1.54, 1.807) is 11.8 Å². The van der Waals surface area contributed by atoms with Crippen LogP contribution < -0.4 is 4.90 Å². The Hall–Kier alpha value is -3.02. The Kier molecular flexibility index (Phi) is 5.41. The summed E-state index contributed by atoms with van der Waals surface area (Å²) >= 11 is 0. The summed E-state index contributed by atoms with van der Waals surface area (Å²) in [5.41, 5.74) is 1.45. The third-order valence-electron chi connectivity index (χ3n) is 4.45. The molecule has 1 heterocycles. The normalized spacial score (nSPS) is 15.4. The van der Waals surface area contributed by atoms with Gasteiger partial charge in [0.25, 0.3) is 5.91 Å². The van der Waals surface area contributed by atoms with Gasteiger partial charge in [-0.3, -0.25) is 4.79 Å². The van der Waals surface area contributed by atoms with E-state index in [0.29, 0.717) is 18.7 Å². The zero-order chi connectivity index (χ0) is 18.5. The van der Waals surface area contributed by atoms with Crippen LogP contribution in [-0.2, 0) is 9.53 Å². The number of hydrogen-bond donors (Lipinski definition) is 1. The van der Waals surface area contributed by atoms with Gasteiger partial charge in [-0.1, -0.05) is 18.2 Å². The lowest BCUT2D eigenvalue weighted by Gasteiger charge is -2.37. The molecular weight excluding hydrogens is 332 g/mol. The van der Waals surface area contributed by atoms with Crippen molar-refractivity contribution in [2.24, 2.45) is 0 Å². The summed E-state index contributed by atoms with van der Waals surface area (Å²) in [6.45, 7) is 4.26. The number of ether oxygens (including phenoxy) is 1. The molecule has 6 nitrogen and oxygen atoms in total. The highest BCUT2D eigenvalue weighted by Gasteiger charge is 2.27. The Bertz CT molecular complexity index is 753. The number of aromatic hydroxyl groups is 1. The fraction of sp³-hybridized carbons (Fsp3) is 0.300. The molecule has 1 amide bonds. The van der Waals surface area contributed by atoms with Gasteiger partial charge >= 0.3 is 5.97 Å². The first kappa shape index (κ1) is 17.8. The second kappa shape index (κ2) is 7.91. The zero-order valence-corrected chi connectivity index (χ0v) is 14.7. The van der Waals surface area contributed by atoms with E-state index in [9.17, 15) is 14.7 Å². The number of anilines is 1. The lowest BCUT2D eigenvalue weighted by Crippen LogP contribution is -2.51. The maximum absolute atomic E-state index is 12.6. The van der Waals surface area contributed by atoms with E-state index in [1.165, 1.54) is 24.3 Å². The van der Waals surface area contributed by atoms with Gasteiger partial charge in [0.05, 0.1) is 5.56 Å². The van der Waals surface area contributed by atoms with Crippen molar-refractivity contribution < 1.29 is 19.4 Å². The zero-order valence-electron chi connectivity index (χ0n) is 14.7. The van der Waals surface area contributed by atoms with Crippen LogP contribution in [0.5, 0.6) is 5.75 Å². The molecule has 2 aromatic carbocycles. The molecule has 0 bridgehead atoms. The highest BCUT2D eigenvalue weighted by molar-refractivity contribution is 5.92. The molecule has 1 saturated heterocycles. The van der Waals surface area contributed by atoms with Crippen LogP contribution in [0.1, 0.15) is 17.3 Å². The fourth-order valence-corrected chi connectivity index (χ4v) is 2.96. The van der Waals surface area contributed by atoms with Crippen molar-refractivity contribution in [3.05, 3.63) is 60.2 Å². The maximum Gasteiger partial charge on any atom is 0.338 e. The van der Waals surface area contributed by atoms with E-state index >= 15 is 0 Å². The molecule has 6 heteroatoms. The van der Waals surface area contributed by atoms with Gasteiger partial charge in [0.15, 0.2) is 6.10 Å². The first-order valence-corrected chi connectivity index (χ1v) is 8.63. The van der Waals surface area contributed by atoms with Crippen molar-refractivity contribution in [3.63, 3.8) is 0 Å². The molecule has 0 aromatic heterocycles. The van der Waals surface area contributed by atoms with Crippen LogP contribution in [0.3, 0.4) is 0 Å². The Morgan fingerprint density at radius 3 is 2.19 bits per heavy atom. The van der Waals surface area contributed by atoms with Gasteiger partial charge in [-0.05, 0) is 43.3 Å². The van der Waals surface area contributed by atoms with Crippen molar-refractivity contribution in [2.45, 2.75) is 13.0 Å². The number of piperazine rings is 1. The number of phenols is 1. The average molecular weight is 354 g/mol. The SMILES string of the molecule is C[C@H](OC(=O)c1ccc(O)cc1)C(=O)N1CCN(c2ccccc2)CC1. The molecule has 3 rings (SSSR count). The van der Waals surface area contributed by atoms with Crippen molar-refractivity contribution >= 4 is 17.6 Å². The number of esters is 1. The quantitative estimate of drug-likeness (QED) is 0.853. The molecule has 0 unspecified atom stereocenters. The molecule has 1 fully saturated rings. The lowest BCUT2D eigenvalue weighted by atomic mass is 10.2. The summed E-state index contributed by atoms with van der Waals surface area (Å²) in [7, 11) is 0. The van der Waals surface area contributed by atoms with E-state index in [0.717, 1.165) is 18.8 Å². The predicted molar refractivity (Wildman–Crippen MR) is 98.2 cm³/mol. The molecule has 1 aliphatic heterocycles. The summed E-state index contributed by atoms with van der Waals surface area (Å²) in [6, 6.07) is 15.8. The van der Waals surface area contributed by atoms with Crippen LogP contribution in [0.15, 0.2) is 54.6 Å². The molecule has 136 valence electrons. The molecule has 0 radical (unpaired) electrons. The van der Waals surface area contributed by atoms with Gasteiger partial charge in [0.1, 0.15) is 5.75 Å².